The molecule has 26 heavy (non-hydrogen) atoms. The highest BCUT2D eigenvalue weighted by Gasteiger charge is 2.43. The molecule has 0 heterocycles. The molecule has 1 aliphatic rings. The van der Waals surface area contributed by atoms with Gasteiger partial charge in [0, 0.05) is 12.3 Å². The molecule has 0 aliphatic heterocycles. The van der Waals surface area contributed by atoms with Crippen LogP contribution < -0.4 is 0 Å². The first kappa shape index (κ1) is 22.7. The molecule has 148 valence electrons. The molecular weight excluding hydrogens is 328 g/mol. The lowest BCUT2D eigenvalue weighted by Crippen LogP contribution is -2.33. The number of aliphatic hydroxyl groups is 1. The second-order valence-electron chi connectivity index (χ2n) is 7.90. The Labute approximate surface area is 158 Å². The number of unbranched alkanes of at least 4 members (excludes halogenated alkanes) is 4. The van der Waals surface area contributed by atoms with E-state index in [0.717, 1.165) is 44.9 Å². The van der Waals surface area contributed by atoms with Crippen LogP contribution in [0.3, 0.4) is 0 Å². The van der Waals surface area contributed by atoms with Crippen LogP contribution >= 0.6 is 0 Å². The molecule has 0 aromatic carbocycles. The van der Waals surface area contributed by atoms with Crippen LogP contribution in [0.5, 0.6) is 0 Å². The SMILES string of the molecule is C#C[C@@](O)(CCCCC)CC[C@H]1CCC(=O)[C@H]1C(CCCCC)C(=O)O. The Morgan fingerprint density at radius 3 is 2.46 bits per heavy atom. The first-order valence-corrected chi connectivity index (χ1v) is 10.3. The standard InChI is InChI=1S/C22H36O4/c1-4-7-9-11-18(21(24)25)20-17(12-13-19(20)23)14-16-22(26,6-3)15-10-8-5-2/h3,17-18,20,26H,4-5,7-16H2,1-2H3,(H,24,25)/t17-,18?,20-,22-/m1/s1. The second kappa shape index (κ2) is 11.4. The molecule has 0 saturated heterocycles. The molecule has 4 nitrogen and oxygen atoms in total. The Kier molecular flexibility index (Phi) is 9.94. The average molecular weight is 365 g/mol. The lowest BCUT2D eigenvalue weighted by Gasteiger charge is -2.28. The van der Waals surface area contributed by atoms with E-state index in [1.807, 2.05) is 0 Å². The molecule has 0 bridgehead atoms. The Bertz CT molecular complexity index is 493. The number of hydrogen-bond donors (Lipinski definition) is 2. The number of carbonyl (C=O) groups is 2. The molecule has 1 aliphatic carbocycles. The number of carbonyl (C=O) groups excluding carboxylic acids is 1. The van der Waals surface area contributed by atoms with Crippen molar-refractivity contribution in [2.45, 2.75) is 96.5 Å². The van der Waals surface area contributed by atoms with Crippen molar-refractivity contribution in [3.8, 4) is 12.3 Å². The quantitative estimate of drug-likeness (QED) is 0.370. The van der Waals surface area contributed by atoms with Gasteiger partial charge in [-0.25, -0.2) is 0 Å². The largest absolute Gasteiger partial charge is 0.481 e. The van der Waals surface area contributed by atoms with Crippen molar-refractivity contribution in [3.05, 3.63) is 0 Å². The van der Waals surface area contributed by atoms with Crippen molar-refractivity contribution in [1.82, 2.24) is 0 Å². The molecule has 2 N–H and O–H groups in total. The summed E-state index contributed by atoms with van der Waals surface area (Å²) < 4.78 is 0. The number of rotatable bonds is 13. The Balaban J connectivity index is 2.72. The third kappa shape index (κ3) is 6.76. The van der Waals surface area contributed by atoms with Crippen LogP contribution in [0.2, 0.25) is 0 Å². The molecule has 1 saturated carbocycles. The van der Waals surface area contributed by atoms with Crippen molar-refractivity contribution in [3.63, 3.8) is 0 Å². The van der Waals surface area contributed by atoms with E-state index in [4.69, 9.17) is 6.42 Å². The summed E-state index contributed by atoms with van der Waals surface area (Å²) in [5.74, 6) is 0.767. The number of terminal acetylenes is 1. The zero-order valence-electron chi connectivity index (χ0n) is 16.5. The minimum Gasteiger partial charge on any atom is -0.481 e. The summed E-state index contributed by atoms with van der Waals surface area (Å²) >= 11 is 0. The van der Waals surface area contributed by atoms with Crippen molar-refractivity contribution >= 4 is 11.8 Å². The fourth-order valence-corrected chi connectivity index (χ4v) is 4.25. The van der Waals surface area contributed by atoms with Gasteiger partial charge in [0.2, 0.25) is 0 Å². The summed E-state index contributed by atoms with van der Waals surface area (Å²) in [5.41, 5.74) is -1.13. The van der Waals surface area contributed by atoms with Crippen molar-refractivity contribution in [1.29, 1.82) is 0 Å². The van der Waals surface area contributed by atoms with Crippen LogP contribution in [0, 0.1) is 30.1 Å². The maximum Gasteiger partial charge on any atom is 0.307 e. The van der Waals surface area contributed by atoms with Gasteiger partial charge in [0.25, 0.3) is 0 Å². The highest BCUT2D eigenvalue weighted by atomic mass is 16.4. The molecule has 4 heteroatoms. The van der Waals surface area contributed by atoms with Gasteiger partial charge in [-0.15, -0.1) is 6.42 Å². The maximum atomic E-state index is 12.4. The van der Waals surface area contributed by atoms with Crippen LogP contribution in [0.15, 0.2) is 0 Å². The van der Waals surface area contributed by atoms with E-state index >= 15 is 0 Å². The molecular formula is C22H36O4. The van der Waals surface area contributed by atoms with Gasteiger partial charge in [-0.1, -0.05) is 51.9 Å². The zero-order valence-corrected chi connectivity index (χ0v) is 16.5. The zero-order chi connectivity index (χ0) is 19.6. The highest BCUT2D eigenvalue weighted by Crippen LogP contribution is 2.40. The van der Waals surface area contributed by atoms with E-state index in [2.05, 4.69) is 19.8 Å². The summed E-state index contributed by atoms with van der Waals surface area (Å²) in [7, 11) is 0. The van der Waals surface area contributed by atoms with Gasteiger partial charge in [-0.2, -0.15) is 0 Å². The molecule has 0 spiro atoms. The molecule has 1 rings (SSSR count). The summed E-state index contributed by atoms with van der Waals surface area (Å²) in [6.45, 7) is 4.19. The van der Waals surface area contributed by atoms with Crippen LogP contribution in [-0.2, 0) is 9.59 Å². The third-order valence-corrected chi connectivity index (χ3v) is 5.90. The van der Waals surface area contributed by atoms with Gasteiger partial charge in [0.15, 0.2) is 0 Å². The molecule has 0 aromatic rings. The normalized spacial score (nSPS) is 23.4. The van der Waals surface area contributed by atoms with Crippen molar-refractivity contribution in [2.24, 2.45) is 17.8 Å². The second-order valence-corrected chi connectivity index (χ2v) is 7.90. The lowest BCUT2D eigenvalue weighted by molar-refractivity contribution is -0.147. The van der Waals surface area contributed by atoms with E-state index < -0.39 is 23.4 Å². The molecule has 0 radical (unpaired) electrons. The van der Waals surface area contributed by atoms with Crippen LogP contribution in [0.4, 0.5) is 0 Å². The van der Waals surface area contributed by atoms with E-state index in [1.54, 1.807) is 0 Å². The van der Waals surface area contributed by atoms with Gasteiger partial charge in [-0.3, -0.25) is 9.59 Å². The van der Waals surface area contributed by atoms with Crippen LogP contribution in [0.25, 0.3) is 0 Å². The Morgan fingerprint density at radius 2 is 1.88 bits per heavy atom. The molecule has 0 aromatic heterocycles. The van der Waals surface area contributed by atoms with Crippen LogP contribution in [-0.4, -0.2) is 27.6 Å². The predicted molar refractivity (Wildman–Crippen MR) is 104 cm³/mol. The van der Waals surface area contributed by atoms with Gasteiger partial charge in [0.05, 0.1) is 5.92 Å². The predicted octanol–water partition coefficient (Wildman–Crippen LogP) is 4.59. The van der Waals surface area contributed by atoms with Gasteiger partial charge >= 0.3 is 5.97 Å². The summed E-state index contributed by atoms with van der Waals surface area (Å²) in [4.78, 5) is 24.2. The minimum absolute atomic E-state index is 0.0243. The van der Waals surface area contributed by atoms with E-state index in [-0.39, 0.29) is 11.7 Å². The molecule has 1 unspecified atom stereocenters. The van der Waals surface area contributed by atoms with Crippen LogP contribution in [0.1, 0.15) is 90.9 Å². The monoisotopic (exact) mass is 364 g/mol. The molecule has 1 fully saturated rings. The van der Waals surface area contributed by atoms with Crippen molar-refractivity contribution in [2.75, 3.05) is 0 Å². The van der Waals surface area contributed by atoms with E-state index in [0.29, 0.717) is 32.1 Å². The third-order valence-electron chi connectivity index (χ3n) is 5.90. The maximum absolute atomic E-state index is 12.4. The topological polar surface area (TPSA) is 74.6 Å². The fourth-order valence-electron chi connectivity index (χ4n) is 4.25. The smallest absolute Gasteiger partial charge is 0.307 e. The molecule has 0 amide bonds. The summed E-state index contributed by atoms with van der Waals surface area (Å²) in [6.07, 6.45) is 14.8. The lowest BCUT2D eigenvalue weighted by atomic mass is 9.77. The van der Waals surface area contributed by atoms with Gasteiger partial charge < -0.3 is 10.2 Å². The number of carboxylic acids is 1. The first-order chi connectivity index (χ1) is 12.4. The highest BCUT2D eigenvalue weighted by molar-refractivity contribution is 5.88. The first-order valence-electron chi connectivity index (χ1n) is 10.3. The van der Waals surface area contributed by atoms with E-state index in [9.17, 15) is 19.8 Å². The van der Waals surface area contributed by atoms with E-state index in [1.165, 1.54) is 0 Å². The van der Waals surface area contributed by atoms with Gasteiger partial charge in [0.1, 0.15) is 11.4 Å². The number of Topliss-reactive ketones (excluding diaryl/α,β-unsaturated/α-hetero) is 1. The number of hydrogen-bond acceptors (Lipinski definition) is 3. The minimum atomic E-state index is -1.13. The van der Waals surface area contributed by atoms with Gasteiger partial charge in [-0.05, 0) is 44.4 Å². The number of aliphatic carboxylic acids is 1. The fraction of sp³-hybridized carbons (Fsp3) is 0.818. The molecule has 4 atom stereocenters. The average Bonchev–Trinajstić information content (AvgIpc) is 2.97. The Morgan fingerprint density at radius 1 is 1.23 bits per heavy atom. The number of ketones is 1. The summed E-state index contributed by atoms with van der Waals surface area (Å²) in [6, 6.07) is 0. The Hall–Kier alpha value is -1.34. The van der Waals surface area contributed by atoms with Crippen molar-refractivity contribution < 1.29 is 19.8 Å². The number of carboxylic acid groups (broad SMARTS) is 1. The summed E-state index contributed by atoms with van der Waals surface area (Å²) in [5, 5.41) is 20.3.